The molecule has 2 N–H and O–H groups in total. The van der Waals surface area contributed by atoms with E-state index in [9.17, 15) is 0 Å². The van der Waals surface area contributed by atoms with Crippen LogP contribution in [0.15, 0.2) is 54.6 Å². The van der Waals surface area contributed by atoms with Gasteiger partial charge in [0.2, 0.25) is 4.77 Å². The largest absolute Gasteiger partial charge is 0.322 e. The second kappa shape index (κ2) is 9.69. The first-order valence-electron chi connectivity index (χ1n) is 11.1. The van der Waals surface area contributed by atoms with Crippen LogP contribution in [0.4, 0.5) is 0 Å². The lowest BCUT2D eigenvalue weighted by Gasteiger charge is -2.29. The van der Waals surface area contributed by atoms with E-state index in [0.717, 1.165) is 49.9 Å². The fraction of sp³-hybridized carbons (Fsp3) is 0.417. The summed E-state index contributed by atoms with van der Waals surface area (Å²) in [6, 6.07) is 19.3. The summed E-state index contributed by atoms with van der Waals surface area (Å²) >= 11 is 5.77. The van der Waals surface area contributed by atoms with Crippen molar-refractivity contribution in [2.75, 3.05) is 26.2 Å². The van der Waals surface area contributed by atoms with E-state index in [1.165, 1.54) is 29.8 Å². The zero-order valence-corrected chi connectivity index (χ0v) is 18.9. The molecule has 1 saturated heterocycles. The number of hydrogen-bond acceptors (Lipinski definition) is 2. The number of piperazine rings is 1. The highest BCUT2D eigenvalue weighted by Crippen LogP contribution is 2.09. The summed E-state index contributed by atoms with van der Waals surface area (Å²) in [4.78, 5) is 3.26. The summed E-state index contributed by atoms with van der Waals surface area (Å²) in [7, 11) is 0. The summed E-state index contributed by atoms with van der Waals surface area (Å²) in [6.45, 7) is 11.9. The second-order valence-corrected chi connectivity index (χ2v) is 8.73. The maximum Gasteiger partial charge on any atom is 0.202 e. The zero-order chi connectivity index (χ0) is 20.9. The Morgan fingerprint density at radius 1 is 0.933 bits per heavy atom. The number of hydrogen-bond donors (Lipinski definition) is 2. The van der Waals surface area contributed by atoms with Gasteiger partial charge >= 0.3 is 0 Å². The highest BCUT2D eigenvalue weighted by atomic mass is 32.1. The van der Waals surface area contributed by atoms with E-state index < -0.39 is 0 Å². The molecule has 4 rings (SSSR count). The molecule has 0 atom stereocenters. The number of nitrogens with zero attached hydrogens (tertiary/aromatic N) is 3. The topological polar surface area (TPSA) is 31.6 Å². The average Bonchev–Trinajstić information content (AvgIpc) is 3.05. The van der Waals surface area contributed by atoms with Crippen molar-refractivity contribution in [1.29, 1.82) is 0 Å². The van der Waals surface area contributed by atoms with Crippen LogP contribution in [-0.2, 0) is 26.2 Å². The Labute approximate surface area is 184 Å². The monoisotopic (exact) mass is 423 g/mol. The van der Waals surface area contributed by atoms with Crippen LogP contribution in [0.25, 0.3) is 0 Å². The van der Waals surface area contributed by atoms with Gasteiger partial charge in [0.25, 0.3) is 0 Å². The fourth-order valence-electron chi connectivity index (χ4n) is 4.40. The second-order valence-electron chi connectivity index (χ2n) is 8.37. The Kier molecular flexibility index (Phi) is 6.77. The van der Waals surface area contributed by atoms with Gasteiger partial charge < -0.3 is 14.4 Å². The van der Waals surface area contributed by atoms with Gasteiger partial charge in [-0.2, -0.15) is 9.78 Å². The van der Waals surface area contributed by atoms with Crippen molar-refractivity contribution in [3.8, 4) is 0 Å². The molecule has 1 aliphatic rings. The maximum atomic E-state index is 5.77. The van der Waals surface area contributed by atoms with E-state index in [0.29, 0.717) is 0 Å². The molecule has 5 nitrogen and oxygen atoms in total. The predicted molar refractivity (Wildman–Crippen MR) is 122 cm³/mol. The summed E-state index contributed by atoms with van der Waals surface area (Å²) in [5.74, 6) is 1.07. The van der Waals surface area contributed by atoms with Gasteiger partial charge in [0.05, 0.1) is 0 Å². The van der Waals surface area contributed by atoms with Crippen LogP contribution in [0.2, 0.25) is 0 Å². The molecule has 0 unspecified atom stereocenters. The van der Waals surface area contributed by atoms with Crippen molar-refractivity contribution in [1.82, 2.24) is 14.3 Å². The van der Waals surface area contributed by atoms with Gasteiger partial charge in [-0.15, -0.1) is 0 Å². The molecule has 0 radical (unpaired) electrons. The third-order valence-corrected chi connectivity index (χ3v) is 6.69. The van der Waals surface area contributed by atoms with E-state index >= 15 is 0 Å². The van der Waals surface area contributed by atoms with Crippen molar-refractivity contribution in [2.45, 2.75) is 40.0 Å². The van der Waals surface area contributed by atoms with E-state index in [1.807, 2.05) is 0 Å². The molecule has 30 heavy (non-hydrogen) atoms. The number of quaternary nitrogens is 2. The highest BCUT2D eigenvalue weighted by Gasteiger charge is 2.24. The van der Waals surface area contributed by atoms with E-state index in [2.05, 4.69) is 77.7 Å². The molecule has 0 spiro atoms. The van der Waals surface area contributed by atoms with Gasteiger partial charge in [-0.1, -0.05) is 54.6 Å². The predicted octanol–water partition coefficient (Wildman–Crippen LogP) is 1.27. The molecule has 0 aliphatic carbocycles. The van der Waals surface area contributed by atoms with E-state index in [-0.39, 0.29) is 0 Å². The van der Waals surface area contributed by atoms with Gasteiger partial charge in [0.1, 0.15) is 38.5 Å². The van der Waals surface area contributed by atoms with E-state index in [4.69, 9.17) is 17.3 Å². The molecular formula is C24H33N5S+2. The van der Waals surface area contributed by atoms with Crippen LogP contribution in [0.1, 0.15) is 29.4 Å². The molecule has 2 heterocycles. The lowest BCUT2D eigenvalue weighted by atomic mass is 10.1. The quantitative estimate of drug-likeness (QED) is 0.561. The Morgan fingerprint density at radius 2 is 1.60 bits per heavy atom. The minimum Gasteiger partial charge on any atom is -0.322 e. The lowest BCUT2D eigenvalue weighted by Crippen LogP contribution is -3.27. The summed E-state index contributed by atoms with van der Waals surface area (Å²) < 4.78 is 5.09. The third-order valence-electron chi connectivity index (χ3n) is 6.26. The standard InChI is InChI=1S/C24H31N5S/c1-3-28-23(17-21-10-5-4-6-11-21)25-29(24(28)30)19-27-15-13-26(14-16-27)18-22-12-8-7-9-20(22)2/h4-12H,3,13-19H2,1-2H3/p+2. The van der Waals surface area contributed by atoms with Crippen molar-refractivity contribution in [2.24, 2.45) is 0 Å². The molecule has 6 heteroatoms. The number of rotatable bonds is 7. The first-order valence-corrected chi connectivity index (χ1v) is 11.5. The fourth-order valence-corrected chi connectivity index (χ4v) is 4.74. The molecule has 1 aromatic heterocycles. The minimum absolute atomic E-state index is 0.828. The zero-order valence-electron chi connectivity index (χ0n) is 18.1. The highest BCUT2D eigenvalue weighted by molar-refractivity contribution is 7.71. The van der Waals surface area contributed by atoms with Gasteiger partial charge in [0.15, 0.2) is 6.67 Å². The van der Waals surface area contributed by atoms with Crippen molar-refractivity contribution < 1.29 is 9.80 Å². The Morgan fingerprint density at radius 3 is 2.30 bits per heavy atom. The van der Waals surface area contributed by atoms with Crippen LogP contribution in [0.5, 0.6) is 0 Å². The van der Waals surface area contributed by atoms with Crippen molar-refractivity contribution in [3.63, 3.8) is 0 Å². The molecule has 0 saturated carbocycles. The summed E-state index contributed by atoms with van der Waals surface area (Å²) in [5, 5.41) is 4.92. The molecule has 158 valence electrons. The van der Waals surface area contributed by atoms with Crippen LogP contribution < -0.4 is 9.80 Å². The SMILES string of the molecule is CCn1c(Cc2ccccc2)nn(C[NH+]2CC[NH+](Cc3ccccc3C)CC2)c1=S. The number of aryl methyl sites for hydroxylation is 1. The van der Waals surface area contributed by atoms with Crippen LogP contribution in [0.3, 0.4) is 0 Å². The summed E-state index contributed by atoms with van der Waals surface area (Å²) in [5.41, 5.74) is 4.16. The minimum atomic E-state index is 0.828. The van der Waals surface area contributed by atoms with Gasteiger partial charge in [-0.05, 0) is 37.2 Å². The Bertz CT molecular complexity index is 1020. The molecule has 0 amide bonds. The molecule has 2 aromatic carbocycles. The smallest absolute Gasteiger partial charge is 0.202 e. The first-order chi connectivity index (χ1) is 14.6. The molecular weight excluding hydrogens is 390 g/mol. The van der Waals surface area contributed by atoms with Crippen molar-refractivity contribution in [3.05, 3.63) is 81.9 Å². The normalized spacial score (nSPS) is 19.1. The third kappa shape index (κ3) is 4.89. The number of benzene rings is 2. The maximum absolute atomic E-state index is 5.77. The van der Waals surface area contributed by atoms with Crippen LogP contribution in [0, 0.1) is 11.7 Å². The Hall–Kier alpha value is -2.28. The van der Waals surface area contributed by atoms with E-state index in [1.54, 1.807) is 9.80 Å². The average molecular weight is 424 g/mol. The molecule has 1 fully saturated rings. The summed E-state index contributed by atoms with van der Waals surface area (Å²) in [6.07, 6.45) is 0.828. The van der Waals surface area contributed by atoms with Gasteiger partial charge in [0, 0.05) is 18.5 Å². The first kappa shape index (κ1) is 21.0. The van der Waals surface area contributed by atoms with Crippen LogP contribution in [-0.4, -0.2) is 40.5 Å². The molecule has 1 aliphatic heterocycles. The number of nitrogens with one attached hydrogen (secondary N) is 2. The van der Waals surface area contributed by atoms with Gasteiger partial charge in [-0.3, -0.25) is 0 Å². The lowest BCUT2D eigenvalue weighted by molar-refractivity contribution is -1.03. The Balaban J connectivity index is 1.38. The van der Waals surface area contributed by atoms with Crippen molar-refractivity contribution >= 4 is 12.2 Å². The molecule has 3 aromatic rings. The number of aromatic nitrogens is 3. The van der Waals surface area contributed by atoms with Gasteiger partial charge in [-0.25, -0.2) is 0 Å². The van der Waals surface area contributed by atoms with Crippen LogP contribution >= 0.6 is 12.2 Å². The molecule has 0 bridgehead atoms.